The van der Waals surface area contributed by atoms with Crippen molar-refractivity contribution in [2.24, 2.45) is 0 Å². The molecule has 0 aliphatic heterocycles. The molecule has 0 aromatic heterocycles. The van der Waals surface area contributed by atoms with Crippen LogP contribution in [0.2, 0.25) is 5.02 Å². The second-order valence-corrected chi connectivity index (χ2v) is 4.54. The number of benzene rings is 2. The average molecular weight is 279 g/mol. The van der Waals surface area contributed by atoms with Gasteiger partial charge in [0.15, 0.2) is 0 Å². The van der Waals surface area contributed by atoms with Gasteiger partial charge in [-0.3, -0.25) is 0 Å². The Balaban J connectivity index is 2.73. The molecule has 19 heavy (non-hydrogen) atoms. The fraction of sp³-hybridized carbons (Fsp3) is 0.200. The van der Waals surface area contributed by atoms with Gasteiger partial charge in [0, 0.05) is 21.7 Å². The van der Waals surface area contributed by atoms with Crippen molar-refractivity contribution in [3.8, 4) is 28.4 Å². The zero-order valence-electron chi connectivity index (χ0n) is 11.0. The standard InChI is InChI=1S/C15H15ClO3/c1-9-13(17)6-5-12(16)15(9)11-8-10(18-2)4-7-14(11)19-3/h4-8,17H,1-3H3. The highest BCUT2D eigenvalue weighted by Gasteiger charge is 2.15. The highest BCUT2D eigenvalue weighted by molar-refractivity contribution is 6.33. The van der Waals surface area contributed by atoms with Gasteiger partial charge < -0.3 is 14.6 Å². The highest BCUT2D eigenvalue weighted by Crippen LogP contribution is 2.41. The van der Waals surface area contributed by atoms with E-state index in [1.807, 2.05) is 25.1 Å². The SMILES string of the molecule is COc1ccc(OC)c(-c2c(Cl)ccc(O)c2C)c1. The van der Waals surface area contributed by atoms with E-state index in [9.17, 15) is 5.11 Å². The predicted octanol–water partition coefficient (Wildman–Crippen LogP) is 4.04. The van der Waals surface area contributed by atoms with E-state index < -0.39 is 0 Å². The lowest BCUT2D eigenvalue weighted by atomic mass is 9.98. The molecule has 0 saturated carbocycles. The minimum Gasteiger partial charge on any atom is -0.508 e. The summed E-state index contributed by atoms with van der Waals surface area (Å²) in [7, 11) is 3.19. The van der Waals surface area contributed by atoms with Crippen molar-refractivity contribution in [3.63, 3.8) is 0 Å². The van der Waals surface area contributed by atoms with Crippen molar-refractivity contribution >= 4 is 11.6 Å². The number of methoxy groups -OCH3 is 2. The zero-order valence-corrected chi connectivity index (χ0v) is 11.8. The van der Waals surface area contributed by atoms with Gasteiger partial charge >= 0.3 is 0 Å². The largest absolute Gasteiger partial charge is 0.508 e. The molecule has 3 nitrogen and oxygen atoms in total. The van der Waals surface area contributed by atoms with Gasteiger partial charge in [-0.25, -0.2) is 0 Å². The van der Waals surface area contributed by atoms with Crippen molar-refractivity contribution in [3.05, 3.63) is 40.9 Å². The Labute approximate surface area is 117 Å². The third kappa shape index (κ3) is 2.47. The third-order valence-electron chi connectivity index (χ3n) is 3.06. The van der Waals surface area contributed by atoms with Gasteiger partial charge in [-0.15, -0.1) is 0 Å². The Morgan fingerprint density at radius 1 is 1.05 bits per heavy atom. The fourth-order valence-electron chi connectivity index (χ4n) is 2.01. The van der Waals surface area contributed by atoms with Gasteiger partial charge in [0.2, 0.25) is 0 Å². The third-order valence-corrected chi connectivity index (χ3v) is 3.38. The number of phenolic OH excluding ortho intramolecular Hbond substituents is 1. The van der Waals surface area contributed by atoms with Gasteiger partial charge in [-0.2, -0.15) is 0 Å². The molecule has 4 heteroatoms. The molecule has 0 atom stereocenters. The van der Waals surface area contributed by atoms with E-state index in [1.54, 1.807) is 26.4 Å². The first-order valence-electron chi connectivity index (χ1n) is 5.79. The van der Waals surface area contributed by atoms with Crippen LogP contribution in [-0.2, 0) is 0 Å². The molecule has 0 heterocycles. The van der Waals surface area contributed by atoms with Gasteiger partial charge in [-0.1, -0.05) is 11.6 Å². The van der Waals surface area contributed by atoms with E-state index in [0.717, 1.165) is 11.1 Å². The van der Waals surface area contributed by atoms with Crippen LogP contribution in [0.15, 0.2) is 30.3 Å². The molecular formula is C15H15ClO3. The van der Waals surface area contributed by atoms with Gasteiger partial charge in [-0.05, 0) is 37.3 Å². The summed E-state index contributed by atoms with van der Waals surface area (Å²) < 4.78 is 10.6. The molecule has 0 spiro atoms. The maximum absolute atomic E-state index is 9.85. The van der Waals surface area contributed by atoms with Crippen LogP contribution in [0, 0.1) is 6.92 Å². The lowest BCUT2D eigenvalue weighted by molar-refractivity contribution is 0.404. The van der Waals surface area contributed by atoms with Crippen LogP contribution in [0.5, 0.6) is 17.2 Å². The molecule has 2 aromatic rings. The van der Waals surface area contributed by atoms with Crippen molar-refractivity contribution in [2.75, 3.05) is 14.2 Å². The number of hydrogen-bond donors (Lipinski definition) is 1. The smallest absolute Gasteiger partial charge is 0.127 e. The fourth-order valence-corrected chi connectivity index (χ4v) is 2.31. The lowest BCUT2D eigenvalue weighted by Gasteiger charge is -2.15. The van der Waals surface area contributed by atoms with Crippen LogP contribution in [-0.4, -0.2) is 19.3 Å². The van der Waals surface area contributed by atoms with Crippen LogP contribution in [0.4, 0.5) is 0 Å². The van der Waals surface area contributed by atoms with E-state index in [-0.39, 0.29) is 5.75 Å². The normalized spacial score (nSPS) is 10.3. The van der Waals surface area contributed by atoms with Crippen molar-refractivity contribution < 1.29 is 14.6 Å². The molecule has 0 radical (unpaired) electrons. The average Bonchev–Trinajstić information content (AvgIpc) is 2.43. The Kier molecular flexibility index (Phi) is 3.86. The number of aromatic hydroxyl groups is 1. The molecule has 0 aliphatic carbocycles. The number of ether oxygens (including phenoxy) is 2. The molecule has 2 rings (SSSR count). The van der Waals surface area contributed by atoms with E-state index in [4.69, 9.17) is 21.1 Å². The summed E-state index contributed by atoms with van der Waals surface area (Å²) in [5.74, 6) is 1.58. The predicted molar refractivity (Wildman–Crippen MR) is 76.4 cm³/mol. The number of hydrogen-bond acceptors (Lipinski definition) is 3. The number of phenols is 1. The van der Waals surface area contributed by atoms with E-state index in [1.165, 1.54) is 0 Å². The molecule has 0 saturated heterocycles. The second-order valence-electron chi connectivity index (χ2n) is 4.13. The first-order chi connectivity index (χ1) is 9.08. The summed E-state index contributed by atoms with van der Waals surface area (Å²) in [6.07, 6.45) is 0. The highest BCUT2D eigenvalue weighted by atomic mass is 35.5. The maximum Gasteiger partial charge on any atom is 0.127 e. The van der Waals surface area contributed by atoms with E-state index >= 15 is 0 Å². The summed E-state index contributed by atoms with van der Waals surface area (Å²) >= 11 is 6.25. The van der Waals surface area contributed by atoms with Crippen LogP contribution < -0.4 is 9.47 Å². The van der Waals surface area contributed by atoms with E-state index in [2.05, 4.69) is 0 Å². The van der Waals surface area contributed by atoms with Crippen molar-refractivity contribution in [1.29, 1.82) is 0 Å². The molecule has 0 bridgehead atoms. The first-order valence-corrected chi connectivity index (χ1v) is 6.16. The Bertz CT molecular complexity index is 609. The molecule has 0 fully saturated rings. The van der Waals surface area contributed by atoms with E-state index in [0.29, 0.717) is 22.1 Å². The monoisotopic (exact) mass is 278 g/mol. The topological polar surface area (TPSA) is 38.7 Å². The molecule has 0 aliphatic rings. The van der Waals surface area contributed by atoms with Crippen LogP contribution in [0.3, 0.4) is 0 Å². The summed E-state index contributed by atoms with van der Waals surface area (Å²) in [4.78, 5) is 0. The Morgan fingerprint density at radius 3 is 2.42 bits per heavy atom. The minimum absolute atomic E-state index is 0.198. The maximum atomic E-state index is 9.85. The van der Waals surface area contributed by atoms with Crippen molar-refractivity contribution in [1.82, 2.24) is 0 Å². The zero-order chi connectivity index (χ0) is 14.0. The molecular weight excluding hydrogens is 264 g/mol. The van der Waals surface area contributed by atoms with Crippen LogP contribution in [0.1, 0.15) is 5.56 Å². The van der Waals surface area contributed by atoms with Gasteiger partial charge in [0.25, 0.3) is 0 Å². The Hall–Kier alpha value is -1.87. The van der Waals surface area contributed by atoms with Gasteiger partial charge in [0.05, 0.1) is 14.2 Å². The molecule has 100 valence electrons. The Morgan fingerprint density at radius 2 is 1.79 bits per heavy atom. The molecule has 1 N–H and O–H groups in total. The lowest BCUT2D eigenvalue weighted by Crippen LogP contribution is -1.93. The summed E-state index contributed by atoms with van der Waals surface area (Å²) in [6, 6.07) is 8.71. The second kappa shape index (κ2) is 5.41. The quantitative estimate of drug-likeness (QED) is 0.921. The molecule has 2 aromatic carbocycles. The first kappa shape index (κ1) is 13.6. The van der Waals surface area contributed by atoms with Crippen LogP contribution >= 0.6 is 11.6 Å². The number of halogens is 1. The molecule has 0 unspecified atom stereocenters. The summed E-state index contributed by atoms with van der Waals surface area (Å²) in [5, 5.41) is 10.4. The minimum atomic E-state index is 0.198. The van der Waals surface area contributed by atoms with Gasteiger partial charge in [0.1, 0.15) is 17.2 Å². The number of rotatable bonds is 3. The summed E-state index contributed by atoms with van der Waals surface area (Å²) in [5.41, 5.74) is 2.25. The van der Waals surface area contributed by atoms with Crippen molar-refractivity contribution in [2.45, 2.75) is 6.92 Å². The molecule has 0 amide bonds. The van der Waals surface area contributed by atoms with Crippen LogP contribution in [0.25, 0.3) is 11.1 Å². The summed E-state index contributed by atoms with van der Waals surface area (Å²) in [6.45, 7) is 1.81.